The number of rotatable bonds is 9. The van der Waals surface area contributed by atoms with E-state index in [1.807, 2.05) is 85.8 Å². The quantitative estimate of drug-likeness (QED) is 0.135. The number of likely N-dealkylation sites (tertiary alicyclic amines) is 1. The van der Waals surface area contributed by atoms with Crippen molar-refractivity contribution < 1.29 is 18.7 Å². The van der Waals surface area contributed by atoms with Gasteiger partial charge in [-0.3, -0.25) is 10.1 Å². The van der Waals surface area contributed by atoms with Crippen LogP contribution in [0.5, 0.6) is 5.75 Å². The van der Waals surface area contributed by atoms with Crippen molar-refractivity contribution in [3.63, 3.8) is 0 Å². The lowest BCUT2D eigenvalue weighted by Crippen LogP contribution is -2.39. The Labute approximate surface area is 312 Å². The molecule has 0 radical (unpaired) electrons. The van der Waals surface area contributed by atoms with Crippen molar-refractivity contribution >= 4 is 45.9 Å². The predicted molar refractivity (Wildman–Crippen MR) is 208 cm³/mol. The first-order valence-corrected chi connectivity index (χ1v) is 17.9. The number of anilines is 4. The first-order chi connectivity index (χ1) is 26.0. The largest absolute Gasteiger partial charge is 0.488 e. The second-order valence-electron chi connectivity index (χ2n) is 14.4. The number of hydrogen-bond donors (Lipinski definition) is 3. The average Bonchev–Trinajstić information content (AvgIpc) is 3.59. The first kappa shape index (κ1) is 36.0. The van der Waals surface area contributed by atoms with Crippen molar-refractivity contribution in [2.24, 2.45) is 0 Å². The molecule has 0 aliphatic carbocycles. The standard InChI is InChI=1S/C41H42FN9O3/c1-26-9-11-29(12-10-26)51-38(22-35(49-51)41(2,3)4)48-40(53)46-32-13-14-34(31-8-6-5-7-30(31)32)54-25-27-15-18-43-36(21-27)47-37-24-44-33(23-45-37)39(52)50-19-16-28(42)17-20-50/h5-15,18,21-24,28H,16-17,19-20,25H2,1-4H3,(H,43,45,47)(H2,46,48,53). The summed E-state index contributed by atoms with van der Waals surface area (Å²) in [6.45, 7) is 9.28. The molecule has 7 rings (SSSR count). The fourth-order valence-corrected chi connectivity index (χ4v) is 6.14. The molecule has 12 nitrogen and oxygen atoms in total. The van der Waals surface area contributed by atoms with Gasteiger partial charge in [0.15, 0.2) is 0 Å². The second kappa shape index (κ2) is 15.3. The van der Waals surface area contributed by atoms with Crippen molar-refractivity contribution in [1.29, 1.82) is 0 Å². The van der Waals surface area contributed by atoms with Crippen LogP contribution < -0.4 is 20.7 Å². The summed E-state index contributed by atoms with van der Waals surface area (Å²) < 4.78 is 21.5. The van der Waals surface area contributed by atoms with E-state index in [1.54, 1.807) is 15.8 Å². The molecule has 13 heteroatoms. The maximum Gasteiger partial charge on any atom is 0.324 e. The van der Waals surface area contributed by atoms with Gasteiger partial charge in [0.1, 0.15) is 41.7 Å². The summed E-state index contributed by atoms with van der Waals surface area (Å²) in [5.41, 5.74) is 4.31. The van der Waals surface area contributed by atoms with Crippen LogP contribution in [-0.2, 0) is 12.0 Å². The van der Waals surface area contributed by atoms with Crippen LogP contribution >= 0.6 is 0 Å². The van der Waals surface area contributed by atoms with Gasteiger partial charge in [0, 0.05) is 41.5 Å². The Balaban J connectivity index is 1.01. The Morgan fingerprint density at radius 2 is 1.63 bits per heavy atom. The maximum atomic E-state index is 13.5. The van der Waals surface area contributed by atoms with Gasteiger partial charge in [-0.2, -0.15) is 5.10 Å². The lowest BCUT2D eigenvalue weighted by Gasteiger charge is -2.28. The maximum absolute atomic E-state index is 13.5. The molecule has 1 aliphatic rings. The summed E-state index contributed by atoms with van der Waals surface area (Å²) in [6, 6.07) is 24.6. The van der Waals surface area contributed by atoms with Crippen molar-refractivity contribution in [3.8, 4) is 11.4 Å². The zero-order valence-corrected chi connectivity index (χ0v) is 30.6. The van der Waals surface area contributed by atoms with Gasteiger partial charge in [0.05, 0.1) is 29.5 Å². The number of amides is 3. The molecule has 3 aromatic carbocycles. The minimum Gasteiger partial charge on any atom is -0.488 e. The number of fused-ring (bicyclic) bond motifs is 1. The van der Waals surface area contributed by atoms with Gasteiger partial charge in [0.25, 0.3) is 5.91 Å². The number of benzene rings is 3. The molecule has 0 atom stereocenters. The molecule has 0 unspecified atom stereocenters. The number of nitrogens with zero attached hydrogens (tertiary/aromatic N) is 6. The van der Waals surface area contributed by atoms with Gasteiger partial charge in [-0.25, -0.2) is 28.8 Å². The summed E-state index contributed by atoms with van der Waals surface area (Å²) >= 11 is 0. The third-order valence-electron chi connectivity index (χ3n) is 9.19. The van der Waals surface area contributed by atoms with Crippen LogP contribution in [0.4, 0.5) is 32.3 Å². The molecule has 3 aromatic heterocycles. The van der Waals surface area contributed by atoms with Gasteiger partial charge < -0.3 is 20.3 Å². The number of urea groups is 1. The number of carbonyl (C=O) groups excluding carboxylic acids is 2. The molecule has 0 spiro atoms. The number of ether oxygens (including phenoxy) is 1. The molecule has 0 bridgehead atoms. The molecule has 1 aliphatic heterocycles. The number of aryl methyl sites for hydroxylation is 1. The van der Waals surface area contributed by atoms with Crippen molar-refractivity contribution in [1.82, 2.24) is 29.6 Å². The number of alkyl halides is 1. The first-order valence-electron chi connectivity index (χ1n) is 17.9. The normalized spacial score (nSPS) is 13.5. The van der Waals surface area contributed by atoms with Crippen molar-refractivity contribution in [3.05, 3.63) is 120 Å². The third kappa shape index (κ3) is 8.30. The Morgan fingerprint density at radius 1 is 0.870 bits per heavy atom. The highest BCUT2D eigenvalue weighted by atomic mass is 19.1. The third-order valence-corrected chi connectivity index (χ3v) is 9.19. The fourth-order valence-electron chi connectivity index (χ4n) is 6.14. The Hall–Kier alpha value is -6.37. The molecule has 54 heavy (non-hydrogen) atoms. The summed E-state index contributed by atoms with van der Waals surface area (Å²) in [6.07, 6.45) is 4.37. The Bertz CT molecular complexity index is 2280. The predicted octanol–water partition coefficient (Wildman–Crippen LogP) is 8.36. The van der Waals surface area contributed by atoms with Crippen LogP contribution in [0.2, 0.25) is 0 Å². The molecular weight excluding hydrogens is 686 g/mol. The van der Waals surface area contributed by atoms with Crippen LogP contribution in [0.25, 0.3) is 16.5 Å². The minimum absolute atomic E-state index is 0.210. The van der Waals surface area contributed by atoms with E-state index < -0.39 is 12.2 Å². The molecule has 6 aromatic rings. The highest BCUT2D eigenvalue weighted by molar-refractivity contribution is 6.07. The Morgan fingerprint density at radius 3 is 2.35 bits per heavy atom. The van der Waals surface area contributed by atoms with E-state index in [0.717, 1.165) is 33.3 Å². The molecular formula is C41H42FN9O3. The smallest absolute Gasteiger partial charge is 0.324 e. The molecule has 3 N–H and O–H groups in total. The molecule has 3 amide bonds. The van der Waals surface area contributed by atoms with E-state index >= 15 is 0 Å². The van der Waals surface area contributed by atoms with E-state index in [1.165, 1.54) is 12.4 Å². The topological polar surface area (TPSA) is 139 Å². The summed E-state index contributed by atoms with van der Waals surface area (Å²) in [7, 11) is 0. The van der Waals surface area contributed by atoms with E-state index in [2.05, 4.69) is 51.7 Å². The van der Waals surface area contributed by atoms with Gasteiger partial charge in [0.2, 0.25) is 0 Å². The summed E-state index contributed by atoms with van der Waals surface area (Å²) in [4.78, 5) is 40.8. The number of aromatic nitrogens is 5. The molecule has 4 heterocycles. The summed E-state index contributed by atoms with van der Waals surface area (Å²) in [5, 5.41) is 15.6. The van der Waals surface area contributed by atoms with Gasteiger partial charge in [-0.15, -0.1) is 0 Å². The Kier molecular flexibility index (Phi) is 10.2. The fraction of sp³-hybridized carbons (Fsp3) is 0.268. The van der Waals surface area contributed by atoms with Gasteiger partial charge in [-0.1, -0.05) is 62.7 Å². The highest BCUT2D eigenvalue weighted by Crippen LogP contribution is 2.33. The van der Waals surface area contributed by atoms with Gasteiger partial charge in [-0.05, 0) is 61.7 Å². The molecule has 0 saturated carbocycles. The van der Waals surface area contributed by atoms with E-state index in [0.29, 0.717) is 54.8 Å². The molecule has 276 valence electrons. The number of pyridine rings is 1. The zero-order chi connectivity index (χ0) is 37.8. The number of piperidine rings is 1. The number of nitrogens with one attached hydrogen (secondary N) is 3. The summed E-state index contributed by atoms with van der Waals surface area (Å²) in [5.74, 6) is 1.91. The average molecular weight is 728 g/mol. The van der Waals surface area contributed by atoms with E-state index in [4.69, 9.17) is 9.84 Å². The number of halogens is 1. The van der Waals surface area contributed by atoms with Gasteiger partial charge >= 0.3 is 6.03 Å². The van der Waals surface area contributed by atoms with Crippen molar-refractivity contribution in [2.75, 3.05) is 29.0 Å². The van der Waals surface area contributed by atoms with Crippen LogP contribution in [0.3, 0.4) is 0 Å². The van der Waals surface area contributed by atoms with Crippen LogP contribution in [0, 0.1) is 6.92 Å². The second-order valence-corrected chi connectivity index (χ2v) is 14.4. The molecule has 1 saturated heterocycles. The van der Waals surface area contributed by atoms with Crippen LogP contribution in [0.15, 0.2) is 97.5 Å². The van der Waals surface area contributed by atoms with Crippen LogP contribution in [0.1, 0.15) is 60.9 Å². The number of carbonyl (C=O) groups is 2. The van der Waals surface area contributed by atoms with Crippen molar-refractivity contribution in [2.45, 2.75) is 58.7 Å². The van der Waals surface area contributed by atoms with E-state index in [9.17, 15) is 14.0 Å². The lowest BCUT2D eigenvalue weighted by atomic mass is 9.92. The zero-order valence-electron chi connectivity index (χ0n) is 30.6. The monoisotopic (exact) mass is 727 g/mol. The highest BCUT2D eigenvalue weighted by Gasteiger charge is 2.25. The molecule has 1 fully saturated rings. The lowest BCUT2D eigenvalue weighted by molar-refractivity contribution is 0.0660. The van der Waals surface area contributed by atoms with E-state index in [-0.39, 0.29) is 23.6 Å². The minimum atomic E-state index is -0.862. The SMILES string of the molecule is Cc1ccc(-n2nc(C(C)(C)C)cc2NC(=O)Nc2ccc(OCc3ccnc(Nc4cnc(C(=O)N5CCC(F)CC5)cn4)c3)c3ccccc23)cc1. The van der Waals surface area contributed by atoms with Crippen LogP contribution in [-0.4, -0.2) is 60.8 Å². The number of hydrogen-bond acceptors (Lipinski definition) is 8.